The third-order valence-corrected chi connectivity index (χ3v) is 3.40. The van der Waals surface area contributed by atoms with E-state index in [0.29, 0.717) is 18.7 Å². The maximum atomic E-state index is 12.1. The van der Waals surface area contributed by atoms with Crippen LogP contribution in [0.4, 0.5) is 5.69 Å². The Bertz CT molecular complexity index is 781. The van der Waals surface area contributed by atoms with Crippen molar-refractivity contribution in [3.8, 4) is 11.6 Å². The van der Waals surface area contributed by atoms with Gasteiger partial charge in [0.05, 0.1) is 24.9 Å². The summed E-state index contributed by atoms with van der Waals surface area (Å²) in [6, 6.07) is 11.2. The molecule has 24 heavy (non-hydrogen) atoms. The number of pyridine rings is 1. The molecule has 0 aliphatic carbocycles. The molecule has 6 nitrogen and oxygen atoms in total. The highest BCUT2D eigenvalue weighted by atomic mass is 16.5. The molecule has 0 bridgehead atoms. The molecule has 1 amide bonds. The van der Waals surface area contributed by atoms with Gasteiger partial charge in [0.1, 0.15) is 17.9 Å². The van der Waals surface area contributed by atoms with Gasteiger partial charge >= 0.3 is 0 Å². The molecule has 0 saturated carbocycles. The lowest BCUT2D eigenvalue weighted by Crippen LogP contribution is -2.14. The van der Waals surface area contributed by atoms with Crippen LogP contribution in [0.1, 0.15) is 12.5 Å². The van der Waals surface area contributed by atoms with E-state index in [-0.39, 0.29) is 5.91 Å². The van der Waals surface area contributed by atoms with E-state index >= 15 is 0 Å². The van der Waals surface area contributed by atoms with Crippen molar-refractivity contribution in [2.75, 3.05) is 11.9 Å². The average Bonchev–Trinajstić information content (AvgIpc) is 3.12. The number of benzene rings is 1. The number of anilines is 1. The first-order chi connectivity index (χ1) is 11.7. The molecule has 0 spiro atoms. The fourth-order valence-corrected chi connectivity index (χ4v) is 2.27. The van der Waals surface area contributed by atoms with Gasteiger partial charge in [0, 0.05) is 12.4 Å². The third-order valence-electron chi connectivity index (χ3n) is 3.40. The van der Waals surface area contributed by atoms with Crippen molar-refractivity contribution in [1.82, 2.24) is 14.5 Å². The standard InChI is InChI=1S/C18H18N4O2/c1-2-24-16-6-3-14(4-7-16)11-18(23)21-15-5-8-17(20-12-15)22-10-9-19-13-22/h3-10,12-13H,2,11H2,1H3,(H,21,23). The molecule has 3 rings (SSSR count). The van der Waals surface area contributed by atoms with Gasteiger partial charge in [-0.15, -0.1) is 0 Å². The number of carbonyl (C=O) groups excluding carboxylic acids is 1. The second-order valence-corrected chi connectivity index (χ2v) is 5.18. The van der Waals surface area contributed by atoms with E-state index in [0.717, 1.165) is 17.1 Å². The van der Waals surface area contributed by atoms with Crippen LogP contribution in [0.3, 0.4) is 0 Å². The van der Waals surface area contributed by atoms with E-state index in [9.17, 15) is 4.79 Å². The van der Waals surface area contributed by atoms with Crippen LogP contribution >= 0.6 is 0 Å². The van der Waals surface area contributed by atoms with Crippen LogP contribution in [-0.2, 0) is 11.2 Å². The molecule has 0 unspecified atom stereocenters. The molecule has 1 N–H and O–H groups in total. The molecular weight excluding hydrogens is 304 g/mol. The second-order valence-electron chi connectivity index (χ2n) is 5.18. The van der Waals surface area contributed by atoms with Crippen molar-refractivity contribution in [3.63, 3.8) is 0 Å². The van der Waals surface area contributed by atoms with Crippen molar-refractivity contribution in [1.29, 1.82) is 0 Å². The van der Waals surface area contributed by atoms with Crippen LogP contribution in [0.5, 0.6) is 5.75 Å². The van der Waals surface area contributed by atoms with Crippen molar-refractivity contribution >= 4 is 11.6 Å². The highest BCUT2D eigenvalue weighted by Crippen LogP contribution is 2.14. The van der Waals surface area contributed by atoms with Gasteiger partial charge in [-0.05, 0) is 36.8 Å². The molecule has 2 heterocycles. The van der Waals surface area contributed by atoms with Crippen LogP contribution in [0.25, 0.3) is 5.82 Å². The lowest BCUT2D eigenvalue weighted by atomic mass is 10.1. The summed E-state index contributed by atoms with van der Waals surface area (Å²) in [6.45, 7) is 2.56. The van der Waals surface area contributed by atoms with Crippen molar-refractivity contribution in [2.24, 2.45) is 0 Å². The maximum Gasteiger partial charge on any atom is 0.228 e. The van der Waals surface area contributed by atoms with Crippen LogP contribution in [0, 0.1) is 0 Å². The molecule has 6 heteroatoms. The summed E-state index contributed by atoms with van der Waals surface area (Å²) in [4.78, 5) is 20.4. The summed E-state index contributed by atoms with van der Waals surface area (Å²) in [5, 5.41) is 2.85. The van der Waals surface area contributed by atoms with Crippen molar-refractivity contribution in [2.45, 2.75) is 13.3 Å². The minimum Gasteiger partial charge on any atom is -0.494 e. The number of nitrogens with zero attached hydrogens (tertiary/aromatic N) is 3. The number of ether oxygens (including phenoxy) is 1. The van der Waals surface area contributed by atoms with E-state index in [1.54, 1.807) is 23.3 Å². The van der Waals surface area contributed by atoms with Crippen LogP contribution in [0.2, 0.25) is 0 Å². The minimum absolute atomic E-state index is 0.0867. The maximum absolute atomic E-state index is 12.1. The fraction of sp³-hybridized carbons (Fsp3) is 0.167. The number of carbonyl (C=O) groups is 1. The van der Waals surface area contributed by atoms with Gasteiger partial charge in [-0.3, -0.25) is 9.36 Å². The minimum atomic E-state index is -0.0867. The zero-order chi connectivity index (χ0) is 16.8. The van der Waals surface area contributed by atoms with Gasteiger partial charge < -0.3 is 10.1 Å². The summed E-state index contributed by atoms with van der Waals surface area (Å²) in [5.74, 6) is 1.47. The number of amides is 1. The smallest absolute Gasteiger partial charge is 0.228 e. The van der Waals surface area contributed by atoms with Gasteiger partial charge in [0.15, 0.2) is 0 Å². The van der Waals surface area contributed by atoms with Gasteiger partial charge in [-0.1, -0.05) is 12.1 Å². The third kappa shape index (κ3) is 3.98. The number of nitrogens with one attached hydrogen (secondary N) is 1. The first kappa shape index (κ1) is 15.7. The molecule has 0 aliphatic rings. The number of hydrogen-bond acceptors (Lipinski definition) is 4. The lowest BCUT2D eigenvalue weighted by molar-refractivity contribution is -0.115. The number of hydrogen-bond donors (Lipinski definition) is 1. The van der Waals surface area contributed by atoms with Crippen LogP contribution in [0.15, 0.2) is 61.3 Å². The zero-order valence-corrected chi connectivity index (χ0v) is 13.3. The van der Waals surface area contributed by atoms with Crippen LogP contribution in [-0.4, -0.2) is 27.0 Å². The van der Waals surface area contributed by atoms with Crippen molar-refractivity contribution in [3.05, 3.63) is 66.9 Å². The second kappa shape index (κ2) is 7.41. The van der Waals surface area contributed by atoms with E-state index in [1.165, 1.54) is 0 Å². The monoisotopic (exact) mass is 322 g/mol. The Labute approximate surface area is 140 Å². The average molecular weight is 322 g/mol. The number of rotatable bonds is 6. The Hall–Kier alpha value is -3.15. The molecule has 0 atom stereocenters. The summed E-state index contributed by atoms with van der Waals surface area (Å²) < 4.78 is 7.19. The molecule has 3 aromatic rings. The fourth-order valence-electron chi connectivity index (χ4n) is 2.27. The van der Waals surface area contributed by atoms with Crippen LogP contribution < -0.4 is 10.1 Å². The quantitative estimate of drug-likeness (QED) is 0.757. The Morgan fingerprint density at radius 3 is 2.67 bits per heavy atom. The van der Waals surface area contributed by atoms with E-state index in [1.807, 2.05) is 49.5 Å². The first-order valence-electron chi connectivity index (χ1n) is 7.70. The molecular formula is C18H18N4O2. The molecule has 0 fully saturated rings. The summed E-state index contributed by atoms with van der Waals surface area (Å²) >= 11 is 0. The molecule has 2 aromatic heterocycles. The number of imidazole rings is 1. The number of aromatic nitrogens is 3. The van der Waals surface area contributed by atoms with E-state index in [4.69, 9.17) is 4.74 Å². The predicted molar refractivity (Wildman–Crippen MR) is 91.3 cm³/mol. The Balaban J connectivity index is 1.58. The topological polar surface area (TPSA) is 69.0 Å². The molecule has 0 aliphatic heterocycles. The summed E-state index contributed by atoms with van der Waals surface area (Å²) in [7, 11) is 0. The van der Waals surface area contributed by atoms with Crippen molar-refractivity contribution < 1.29 is 9.53 Å². The predicted octanol–water partition coefficient (Wildman–Crippen LogP) is 2.85. The lowest BCUT2D eigenvalue weighted by Gasteiger charge is -2.07. The highest BCUT2D eigenvalue weighted by molar-refractivity contribution is 5.92. The normalized spacial score (nSPS) is 10.4. The van der Waals surface area contributed by atoms with E-state index in [2.05, 4.69) is 15.3 Å². The Kier molecular flexibility index (Phi) is 4.86. The Morgan fingerprint density at radius 2 is 2.04 bits per heavy atom. The molecule has 1 aromatic carbocycles. The van der Waals surface area contributed by atoms with Gasteiger partial charge in [-0.2, -0.15) is 0 Å². The highest BCUT2D eigenvalue weighted by Gasteiger charge is 2.05. The zero-order valence-electron chi connectivity index (χ0n) is 13.3. The van der Waals surface area contributed by atoms with Gasteiger partial charge in [-0.25, -0.2) is 9.97 Å². The molecule has 122 valence electrons. The largest absolute Gasteiger partial charge is 0.494 e. The first-order valence-corrected chi connectivity index (χ1v) is 7.70. The van der Waals surface area contributed by atoms with Gasteiger partial charge in [0.2, 0.25) is 5.91 Å². The van der Waals surface area contributed by atoms with Gasteiger partial charge in [0.25, 0.3) is 0 Å². The SMILES string of the molecule is CCOc1ccc(CC(=O)Nc2ccc(-n3ccnc3)nc2)cc1. The Morgan fingerprint density at radius 1 is 1.21 bits per heavy atom. The summed E-state index contributed by atoms with van der Waals surface area (Å²) in [6.07, 6.45) is 7.11. The molecule has 0 saturated heterocycles. The summed E-state index contributed by atoms with van der Waals surface area (Å²) in [5.41, 5.74) is 1.59. The van der Waals surface area contributed by atoms with E-state index < -0.39 is 0 Å². The molecule has 0 radical (unpaired) electrons.